The summed E-state index contributed by atoms with van der Waals surface area (Å²) < 4.78 is 5.06. The number of aliphatic hydroxyl groups excluding tert-OH is 1. The van der Waals surface area contributed by atoms with Crippen LogP contribution in [0.5, 0.6) is 0 Å². The predicted octanol–water partition coefficient (Wildman–Crippen LogP) is 0.404. The topological polar surface area (TPSA) is 29.5 Å². The Morgan fingerprint density at radius 1 is 1.75 bits per heavy atom. The van der Waals surface area contributed by atoms with Crippen LogP contribution in [0.1, 0.15) is 13.3 Å². The molecule has 0 aliphatic carbocycles. The molecule has 2 heteroatoms. The fourth-order valence-corrected chi connectivity index (χ4v) is 0.933. The Hall–Kier alpha value is -0.0800. The van der Waals surface area contributed by atoms with Gasteiger partial charge in [0.25, 0.3) is 0 Å². The van der Waals surface area contributed by atoms with E-state index in [-0.39, 0.29) is 6.10 Å². The minimum atomic E-state index is -0.183. The van der Waals surface area contributed by atoms with Gasteiger partial charge in [0.1, 0.15) is 0 Å². The normalized spacial score (nSPS) is 33.0. The van der Waals surface area contributed by atoms with Crippen molar-refractivity contribution in [2.75, 3.05) is 13.2 Å². The van der Waals surface area contributed by atoms with Crippen molar-refractivity contribution in [3.05, 3.63) is 0 Å². The van der Waals surface area contributed by atoms with Crippen molar-refractivity contribution >= 4 is 0 Å². The zero-order chi connectivity index (χ0) is 5.98. The van der Waals surface area contributed by atoms with Crippen LogP contribution in [-0.2, 0) is 4.74 Å². The zero-order valence-corrected chi connectivity index (χ0v) is 5.13. The third-order valence-corrected chi connectivity index (χ3v) is 1.65. The van der Waals surface area contributed by atoms with E-state index in [1.165, 1.54) is 0 Å². The first kappa shape index (κ1) is 6.05. The van der Waals surface area contributed by atoms with Crippen LogP contribution in [0.4, 0.5) is 0 Å². The molecule has 0 unspecified atom stereocenters. The molecule has 0 saturated carbocycles. The summed E-state index contributed by atoms with van der Waals surface area (Å²) in [7, 11) is 0. The monoisotopic (exact) mass is 116 g/mol. The van der Waals surface area contributed by atoms with Gasteiger partial charge in [-0.3, -0.25) is 0 Å². The number of hydrogen-bond acceptors (Lipinski definition) is 2. The van der Waals surface area contributed by atoms with Crippen molar-refractivity contribution < 1.29 is 9.84 Å². The third-order valence-electron chi connectivity index (χ3n) is 1.65. The molecule has 2 atom stereocenters. The Balaban J connectivity index is 2.24. The van der Waals surface area contributed by atoms with Crippen LogP contribution in [0.25, 0.3) is 0 Å². The first-order valence-electron chi connectivity index (χ1n) is 3.06. The highest BCUT2D eigenvalue weighted by Crippen LogP contribution is 2.15. The van der Waals surface area contributed by atoms with Crippen molar-refractivity contribution in [2.24, 2.45) is 5.92 Å². The molecule has 0 aromatic heterocycles. The van der Waals surface area contributed by atoms with Crippen molar-refractivity contribution in [3.8, 4) is 0 Å². The first-order chi connectivity index (χ1) is 3.80. The Bertz CT molecular complexity index is 64.9. The van der Waals surface area contributed by atoms with Gasteiger partial charge in [-0.25, -0.2) is 0 Å². The summed E-state index contributed by atoms with van der Waals surface area (Å²) >= 11 is 0. The molecule has 1 saturated heterocycles. The van der Waals surface area contributed by atoms with Gasteiger partial charge in [0.15, 0.2) is 0 Å². The van der Waals surface area contributed by atoms with Crippen LogP contribution < -0.4 is 0 Å². The second-order valence-corrected chi connectivity index (χ2v) is 2.36. The molecule has 0 bridgehead atoms. The minimum Gasteiger partial charge on any atom is -0.393 e. The molecule has 1 aliphatic rings. The highest BCUT2D eigenvalue weighted by molar-refractivity contribution is 4.68. The Morgan fingerprint density at radius 3 is 2.75 bits per heavy atom. The Morgan fingerprint density at radius 2 is 2.50 bits per heavy atom. The SMILES string of the molecule is C[C@@H](O)[C@@H]1CCOC1. The summed E-state index contributed by atoms with van der Waals surface area (Å²) in [6.45, 7) is 3.40. The molecular weight excluding hydrogens is 104 g/mol. The maximum absolute atomic E-state index is 8.97. The molecule has 0 aromatic carbocycles. The molecular formula is C6H12O2. The van der Waals surface area contributed by atoms with E-state index in [2.05, 4.69) is 0 Å². The molecule has 1 rings (SSSR count). The van der Waals surface area contributed by atoms with E-state index in [0.29, 0.717) is 5.92 Å². The van der Waals surface area contributed by atoms with Crippen LogP contribution in [0, 0.1) is 5.92 Å². The maximum Gasteiger partial charge on any atom is 0.0563 e. The molecule has 1 aliphatic heterocycles. The number of aliphatic hydroxyl groups is 1. The second-order valence-electron chi connectivity index (χ2n) is 2.36. The van der Waals surface area contributed by atoms with Gasteiger partial charge >= 0.3 is 0 Å². The lowest BCUT2D eigenvalue weighted by molar-refractivity contribution is 0.106. The molecule has 48 valence electrons. The van der Waals surface area contributed by atoms with E-state index in [1.54, 1.807) is 0 Å². The van der Waals surface area contributed by atoms with Crippen LogP contribution in [0.2, 0.25) is 0 Å². The van der Waals surface area contributed by atoms with Crippen LogP contribution in [0.3, 0.4) is 0 Å². The highest BCUT2D eigenvalue weighted by Gasteiger charge is 2.19. The average Bonchev–Trinajstić information content (AvgIpc) is 2.12. The van der Waals surface area contributed by atoms with Gasteiger partial charge in [-0.1, -0.05) is 0 Å². The van der Waals surface area contributed by atoms with E-state index < -0.39 is 0 Å². The fourth-order valence-electron chi connectivity index (χ4n) is 0.933. The lowest BCUT2D eigenvalue weighted by Gasteiger charge is -2.08. The van der Waals surface area contributed by atoms with Crippen LogP contribution in [-0.4, -0.2) is 24.4 Å². The molecule has 1 N–H and O–H groups in total. The zero-order valence-electron chi connectivity index (χ0n) is 5.13. The van der Waals surface area contributed by atoms with Gasteiger partial charge in [-0.2, -0.15) is 0 Å². The summed E-state index contributed by atoms with van der Waals surface area (Å²) in [6.07, 6.45) is 0.843. The van der Waals surface area contributed by atoms with E-state index in [4.69, 9.17) is 9.84 Å². The quantitative estimate of drug-likeness (QED) is 0.537. The van der Waals surface area contributed by atoms with Crippen LogP contribution >= 0.6 is 0 Å². The lowest BCUT2D eigenvalue weighted by Crippen LogP contribution is -2.15. The van der Waals surface area contributed by atoms with Crippen LogP contribution in [0.15, 0.2) is 0 Å². The van der Waals surface area contributed by atoms with Crippen molar-refractivity contribution in [1.82, 2.24) is 0 Å². The maximum atomic E-state index is 8.97. The smallest absolute Gasteiger partial charge is 0.0563 e. The van der Waals surface area contributed by atoms with Gasteiger partial charge in [0.2, 0.25) is 0 Å². The number of hydrogen-bond donors (Lipinski definition) is 1. The number of ether oxygens (including phenoxy) is 1. The standard InChI is InChI=1S/C6H12O2/c1-5(7)6-2-3-8-4-6/h5-7H,2-4H2,1H3/t5-,6-/m1/s1. The molecule has 2 nitrogen and oxygen atoms in total. The first-order valence-corrected chi connectivity index (χ1v) is 3.06. The van der Waals surface area contributed by atoms with E-state index in [0.717, 1.165) is 19.6 Å². The lowest BCUT2D eigenvalue weighted by atomic mass is 10.0. The van der Waals surface area contributed by atoms with Crippen molar-refractivity contribution in [3.63, 3.8) is 0 Å². The summed E-state index contributed by atoms with van der Waals surface area (Å²) in [5.41, 5.74) is 0. The predicted molar refractivity (Wildman–Crippen MR) is 30.6 cm³/mol. The Kier molecular flexibility index (Phi) is 1.86. The molecule has 0 radical (unpaired) electrons. The summed E-state index contributed by atoms with van der Waals surface area (Å²) in [4.78, 5) is 0. The molecule has 0 spiro atoms. The van der Waals surface area contributed by atoms with Gasteiger partial charge in [0, 0.05) is 12.5 Å². The van der Waals surface area contributed by atoms with Gasteiger partial charge in [-0.15, -0.1) is 0 Å². The molecule has 0 aromatic rings. The summed E-state index contributed by atoms with van der Waals surface area (Å²) in [6, 6.07) is 0. The van der Waals surface area contributed by atoms with Gasteiger partial charge < -0.3 is 9.84 Å². The Labute approximate surface area is 49.5 Å². The largest absolute Gasteiger partial charge is 0.393 e. The van der Waals surface area contributed by atoms with Gasteiger partial charge in [-0.05, 0) is 13.3 Å². The fraction of sp³-hybridized carbons (Fsp3) is 1.00. The molecule has 1 fully saturated rings. The van der Waals surface area contributed by atoms with Gasteiger partial charge in [0.05, 0.1) is 12.7 Å². The summed E-state index contributed by atoms with van der Waals surface area (Å²) in [5.74, 6) is 0.398. The van der Waals surface area contributed by atoms with Crippen molar-refractivity contribution in [1.29, 1.82) is 0 Å². The van der Waals surface area contributed by atoms with E-state index in [9.17, 15) is 0 Å². The average molecular weight is 116 g/mol. The molecule has 8 heavy (non-hydrogen) atoms. The highest BCUT2D eigenvalue weighted by atomic mass is 16.5. The molecule has 0 amide bonds. The van der Waals surface area contributed by atoms with E-state index >= 15 is 0 Å². The third kappa shape index (κ3) is 1.20. The second kappa shape index (κ2) is 2.46. The molecule has 1 heterocycles. The minimum absolute atomic E-state index is 0.183. The number of rotatable bonds is 1. The summed E-state index contributed by atoms with van der Waals surface area (Å²) in [5, 5.41) is 8.97. The van der Waals surface area contributed by atoms with Crippen molar-refractivity contribution in [2.45, 2.75) is 19.4 Å². The van der Waals surface area contributed by atoms with E-state index in [1.807, 2.05) is 6.92 Å².